The molecule has 3 nitrogen and oxygen atoms in total. The van der Waals surface area contributed by atoms with Crippen molar-refractivity contribution < 1.29 is 14.2 Å². The number of hydrogen-bond donors (Lipinski definition) is 0. The average molecular weight is 184 g/mol. The van der Waals surface area contributed by atoms with Crippen LogP contribution in [0.15, 0.2) is 5.38 Å². The van der Waals surface area contributed by atoms with Gasteiger partial charge in [-0.25, -0.2) is 0 Å². The summed E-state index contributed by atoms with van der Waals surface area (Å²) in [4.78, 5) is 1.18. The molecule has 0 spiro atoms. The first-order chi connectivity index (χ1) is 5.95. The lowest BCUT2D eigenvalue weighted by Gasteiger charge is -2.15. The molecule has 0 N–H and O–H groups in total. The molecule has 1 atom stereocenters. The molecule has 0 radical (unpaired) electrons. The maximum Gasteiger partial charge on any atom is 0.178 e. The van der Waals surface area contributed by atoms with E-state index in [1.165, 1.54) is 4.88 Å². The maximum absolute atomic E-state index is 5.50. The lowest BCUT2D eigenvalue weighted by molar-refractivity contribution is 0.171. The van der Waals surface area contributed by atoms with E-state index < -0.39 is 0 Å². The first-order valence-corrected chi connectivity index (χ1v) is 4.82. The minimum atomic E-state index is 0.278. The van der Waals surface area contributed by atoms with Crippen molar-refractivity contribution in [3.8, 4) is 11.5 Å². The number of fused-ring (bicyclic) bond motifs is 1. The smallest absolute Gasteiger partial charge is 0.178 e. The molecule has 2 aliphatic heterocycles. The minimum absolute atomic E-state index is 0.278. The van der Waals surface area contributed by atoms with Crippen molar-refractivity contribution in [2.24, 2.45) is 0 Å². The fourth-order valence-corrected chi connectivity index (χ4v) is 2.27. The molecule has 0 saturated carbocycles. The monoisotopic (exact) mass is 184 g/mol. The Morgan fingerprint density at radius 1 is 1.33 bits per heavy atom. The molecule has 0 aliphatic carbocycles. The largest absolute Gasteiger partial charge is 0.485 e. The molecular formula is C8H8O3S. The second-order valence-electron chi connectivity index (χ2n) is 2.81. The van der Waals surface area contributed by atoms with Gasteiger partial charge in [0.1, 0.15) is 19.3 Å². The van der Waals surface area contributed by atoms with E-state index >= 15 is 0 Å². The molecule has 1 fully saturated rings. The first-order valence-electron chi connectivity index (χ1n) is 3.94. The summed E-state index contributed by atoms with van der Waals surface area (Å²) < 4.78 is 16.1. The van der Waals surface area contributed by atoms with Gasteiger partial charge in [0.15, 0.2) is 11.5 Å². The normalized spacial score (nSPS) is 25.5. The third-order valence-electron chi connectivity index (χ3n) is 1.95. The first kappa shape index (κ1) is 6.74. The van der Waals surface area contributed by atoms with E-state index in [1.807, 2.05) is 5.38 Å². The Balaban J connectivity index is 2.03. The SMILES string of the molecule is c1sc(C2CO2)c2c1OCCO2. The van der Waals surface area contributed by atoms with Gasteiger partial charge in [-0.2, -0.15) is 0 Å². The van der Waals surface area contributed by atoms with Crippen LogP contribution in [0, 0.1) is 0 Å². The molecule has 0 bridgehead atoms. The Kier molecular flexibility index (Phi) is 1.33. The van der Waals surface area contributed by atoms with Crippen LogP contribution < -0.4 is 9.47 Å². The summed E-state index contributed by atoms with van der Waals surface area (Å²) in [6, 6.07) is 0. The summed E-state index contributed by atoms with van der Waals surface area (Å²) in [6.07, 6.45) is 0.278. The molecule has 12 heavy (non-hydrogen) atoms. The molecular weight excluding hydrogens is 176 g/mol. The van der Waals surface area contributed by atoms with E-state index in [9.17, 15) is 0 Å². The highest BCUT2D eigenvalue weighted by atomic mass is 32.1. The van der Waals surface area contributed by atoms with E-state index in [-0.39, 0.29) is 6.10 Å². The van der Waals surface area contributed by atoms with Crippen molar-refractivity contribution >= 4 is 11.3 Å². The van der Waals surface area contributed by atoms with Crippen LogP contribution in [-0.2, 0) is 4.74 Å². The third kappa shape index (κ3) is 0.916. The molecule has 1 aromatic heterocycles. The highest BCUT2D eigenvalue weighted by molar-refractivity contribution is 7.10. The zero-order valence-corrected chi connectivity index (χ0v) is 7.23. The van der Waals surface area contributed by atoms with Gasteiger partial charge >= 0.3 is 0 Å². The maximum atomic E-state index is 5.50. The molecule has 3 rings (SSSR count). The lowest BCUT2D eigenvalue weighted by Crippen LogP contribution is -2.14. The van der Waals surface area contributed by atoms with Gasteiger partial charge < -0.3 is 14.2 Å². The number of hydrogen-bond acceptors (Lipinski definition) is 4. The van der Waals surface area contributed by atoms with Gasteiger partial charge in [-0.15, -0.1) is 11.3 Å². The van der Waals surface area contributed by atoms with Crippen LogP contribution in [0.4, 0.5) is 0 Å². The molecule has 4 heteroatoms. The quantitative estimate of drug-likeness (QED) is 0.621. The van der Waals surface area contributed by atoms with Gasteiger partial charge in [0.25, 0.3) is 0 Å². The Bertz CT molecular complexity index is 303. The van der Waals surface area contributed by atoms with Crippen LogP contribution in [0.3, 0.4) is 0 Å². The zero-order valence-electron chi connectivity index (χ0n) is 6.41. The van der Waals surface area contributed by atoms with Crippen molar-refractivity contribution in [1.82, 2.24) is 0 Å². The van der Waals surface area contributed by atoms with Crippen molar-refractivity contribution in [1.29, 1.82) is 0 Å². The summed E-state index contributed by atoms with van der Waals surface area (Å²) in [6.45, 7) is 2.15. The predicted octanol–water partition coefficient (Wildman–Crippen LogP) is 1.59. The van der Waals surface area contributed by atoms with Gasteiger partial charge in [0.05, 0.1) is 11.5 Å². The molecule has 2 aliphatic rings. The van der Waals surface area contributed by atoms with Crippen LogP contribution in [0.1, 0.15) is 11.0 Å². The fraction of sp³-hybridized carbons (Fsp3) is 0.500. The highest BCUT2D eigenvalue weighted by Gasteiger charge is 2.32. The zero-order chi connectivity index (χ0) is 7.97. The third-order valence-corrected chi connectivity index (χ3v) is 2.99. The summed E-state index contributed by atoms with van der Waals surface area (Å²) >= 11 is 1.66. The predicted molar refractivity (Wildman–Crippen MR) is 44.0 cm³/mol. The second-order valence-corrected chi connectivity index (χ2v) is 3.72. The van der Waals surface area contributed by atoms with Gasteiger partial charge in [0, 0.05) is 5.38 Å². The van der Waals surface area contributed by atoms with Crippen LogP contribution in [-0.4, -0.2) is 19.8 Å². The Hall–Kier alpha value is -0.740. The van der Waals surface area contributed by atoms with Crippen LogP contribution >= 0.6 is 11.3 Å². The van der Waals surface area contributed by atoms with E-state index in [4.69, 9.17) is 14.2 Å². The number of thiophene rings is 1. The number of rotatable bonds is 1. The minimum Gasteiger partial charge on any atom is -0.485 e. The van der Waals surface area contributed by atoms with Gasteiger partial charge in [0.2, 0.25) is 0 Å². The standard InChI is InChI=1S/C8H8O3S/c1-2-10-7-6(9-1)4-12-8(7)5-3-11-5/h4-5H,1-3H2. The summed E-state index contributed by atoms with van der Waals surface area (Å²) in [7, 11) is 0. The van der Waals surface area contributed by atoms with Crippen molar-refractivity contribution in [3.05, 3.63) is 10.3 Å². The van der Waals surface area contributed by atoms with Crippen molar-refractivity contribution in [2.45, 2.75) is 6.10 Å². The molecule has 0 aromatic carbocycles. The van der Waals surface area contributed by atoms with E-state index in [0.29, 0.717) is 13.2 Å². The molecule has 1 saturated heterocycles. The summed E-state index contributed by atoms with van der Waals surface area (Å²) in [5.41, 5.74) is 0. The van der Waals surface area contributed by atoms with Crippen LogP contribution in [0.25, 0.3) is 0 Å². The summed E-state index contributed by atoms with van der Waals surface area (Å²) in [5.74, 6) is 1.80. The fourth-order valence-electron chi connectivity index (χ4n) is 1.30. The second kappa shape index (κ2) is 2.37. The molecule has 1 unspecified atom stereocenters. The van der Waals surface area contributed by atoms with Gasteiger partial charge in [-0.1, -0.05) is 0 Å². The Labute approximate surface area is 73.9 Å². The summed E-state index contributed by atoms with van der Waals surface area (Å²) in [5, 5.41) is 1.99. The number of epoxide rings is 1. The molecule has 1 aromatic rings. The number of ether oxygens (including phenoxy) is 3. The molecule has 3 heterocycles. The topological polar surface area (TPSA) is 31.0 Å². The Morgan fingerprint density at radius 2 is 2.17 bits per heavy atom. The van der Waals surface area contributed by atoms with Gasteiger partial charge in [-0.3, -0.25) is 0 Å². The molecule has 0 amide bonds. The highest BCUT2D eigenvalue weighted by Crippen LogP contribution is 2.47. The van der Waals surface area contributed by atoms with E-state index in [0.717, 1.165) is 18.1 Å². The Morgan fingerprint density at radius 3 is 3.00 bits per heavy atom. The molecule has 64 valence electrons. The van der Waals surface area contributed by atoms with E-state index in [1.54, 1.807) is 11.3 Å². The van der Waals surface area contributed by atoms with E-state index in [2.05, 4.69) is 0 Å². The van der Waals surface area contributed by atoms with Crippen LogP contribution in [0.2, 0.25) is 0 Å². The van der Waals surface area contributed by atoms with Gasteiger partial charge in [-0.05, 0) is 0 Å². The van der Waals surface area contributed by atoms with Crippen LogP contribution in [0.5, 0.6) is 11.5 Å². The lowest BCUT2D eigenvalue weighted by atomic mass is 10.3. The average Bonchev–Trinajstić information content (AvgIpc) is 2.86. The van der Waals surface area contributed by atoms with Crippen molar-refractivity contribution in [3.63, 3.8) is 0 Å². The van der Waals surface area contributed by atoms with Crippen molar-refractivity contribution in [2.75, 3.05) is 19.8 Å².